The maximum Gasteiger partial charge on any atom is 0.123 e. The molecule has 2 aromatic rings. The SMILES string of the molecule is CC(C)NCC(Cc1cccc(F)c1)c1cccc(Br)c1. The first-order valence-electron chi connectivity index (χ1n) is 7.28. The summed E-state index contributed by atoms with van der Waals surface area (Å²) in [7, 11) is 0. The van der Waals surface area contributed by atoms with Gasteiger partial charge in [-0.3, -0.25) is 0 Å². The molecule has 0 aliphatic rings. The highest BCUT2D eigenvalue weighted by atomic mass is 79.9. The van der Waals surface area contributed by atoms with Crippen molar-refractivity contribution in [1.29, 1.82) is 0 Å². The van der Waals surface area contributed by atoms with Crippen LogP contribution >= 0.6 is 15.9 Å². The molecule has 1 N–H and O–H groups in total. The van der Waals surface area contributed by atoms with Crippen molar-refractivity contribution >= 4 is 15.9 Å². The van der Waals surface area contributed by atoms with E-state index in [4.69, 9.17) is 0 Å². The van der Waals surface area contributed by atoms with Gasteiger partial charge < -0.3 is 5.32 Å². The van der Waals surface area contributed by atoms with Crippen molar-refractivity contribution in [3.63, 3.8) is 0 Å². The van der Waals surface area contributed by atoms with Crippen LogP contribution in [0.15, 0.2) is 53.0 Å². The molecule has 3 heteroatoms. The first kappa shape index (κ1) is 16.2. The molecular weight excluding hydrogens is 329 g/mol. The van der Waals surface area contributed by atoms with Crippen LogP contribution in [0.25, 0.3) is 0 Å². The van der Waals surface area contributed by atoms with Crippen LogP contribution in [0, 0.1) is 5.82 Å². The lowest BCUT2D eigenvalue weighted by Crippen LogP contribution is -2.29. The van der Waals surface area contributed by atoms with E-state index in [9.17, 15) is 4.39 Å². The monoisotopic (exact) mass is 349 g/mol. The summed E-state index contributed by atoms with van der Waals surface area (Å²) in [6, 6.07) is 15.7. The topological polar surface area (TPSA) is 12.0 Å². The van der Waals surface area contributed by atoms with Gasteiger partial charge in [-0.2, -0.15) is 0 Å². The third-order valence-corrected chi connectivity index (χ3v) is 3.96. The standard InChI is InChI=1S/C18H21BrFN/c1-13(2)21-12-16(15-6-4-7-17(19)11-15)9-14-5-3-8-18(20)10-14/h3-8,10-11,13,16,21H,9,12H2,1-2H3. The van der Waals surface area contributed by atoms with Gasteiger partial charge in [-0.1, -0.05) is 54.0 Å². The van der Waals surface area contributed by atoms with E-state index in [0.29, 0.717) is 12.0 Å². The van der Waals surface area contributed by atoms with Crippen molar-refractivity contribution in [2.24, 2.45) is 0 Å². The van der Waals surface area contributed by atoms with Crippen LogP contribution in [0.5, 0.6) is 0 Å². The Morgan fingerprint density at radius 3 is 2.52 bits per heavy atom. The minimum Gasteiger partial charge on any atom is -0.314 e. The van der Waals surface area contributed by atoms with Gasteiger partial charge in [-0.05, 0) is 41.8 Å². The number of nitrogens with one attached hydrogen (secondary N) is 1. The summed E-state index contributed by atoms with van der Waals surface area (Å²) >= 11 is 3.53. The first-order chi connectivity index (χ1) is 10.0. The lowest BCUT2D eigenvalue weighted by Gasteiger charge is -2.20. The molecule has 0 saturated carbocycles. The van der Waals surface area contributed by atoms with E-state index in [1.54, 1.807) is 12.1 Å². The average Bonchev–Trinajstić information content (AvgIpc) is 2.43. The minimum atomic E-state index is -0.169. The molecule has 21 heavy (non-hydrogen) atoms. The number of hydrogen-bond acceptors (Lipinski definition) is 1. The lowest BCUT2D eigenvalue weighted by atomic mass is 9.91. The molecule has 0 aliphatic carbocycles. The second kappa shape index (κ2) is 7.71. The molecular formula is C18H21BrFN. The smallest absolute Gasteiger partial charge is 0.123 e. The van der Waals surface area contributed by atoms with Gasteiger partial charge in [0.2, 0.25) is 0 Å². The summed E-state index contributed by atoms with van der Waals surface area (Å²) in [4.78, 5) is 0. The van der Waals surface area contributed by atoms with Crippen molar-refractivity contribution in [2.75, 3.05) is 6.54 Å². The molecule has 0 heterocycles. The molecule has 0 saturated heterocycles. The highest BCUT2D eigenvalue weighted by Crippen LogP contribution is 2.24. The largest absolute Gasteiger partial charge is 0.314 e. The second-order valence-corrected chi connectivity index (χ2v) is 6.56. The van der Waals surface area contributed by atoms with E-state index in [-0.39, 0.29) is 5.82 Å². The molecule has 1 atom stereocenters. The maximum atomic E-state index is 13.4. The van der Waals surface area contributed by atoms with E-state index in [1.807, 2.05) is 18.2 Å². The van der Waals surface area contributed by atoms with Crippen molar-refractivity contribution in [3.05, 3.63) is 69.9 Å². The van der Waals surface area contributed by atoms with Gasteiger partial charge in [0.25, 0.3) is 0 Å². The Hall–Kier alpha value is -1.19. The Morgan fingerprint density at radius 1 is 1.10 bits per heavy atom. The predicted octanol–water partition coefficient (Wildman–Crippen LogP) is 4.91. The normalized spacial score (nSPS) is 12.6. The van der Waals surface area contributed by atoms with Crippen LogP contribution < -0.4 is 5.32 Å². The van der Waals surface area contributed by atoms with Gasteiger partial charge >= 0.3 is 0 Å². The Bertz CT molecular complexity index is 583. The summed E-state index contributed by atoms with van der Waals surface area (Å²) < 4.78 is 14.5. The molecule has 0 spiro atoms. The molecule has 2 rings (SSSR count). The van der Waals surface area contributed by atoms with Gasteiger partial charge in [-0.15, -0.1) is 0 Å². The van der Waals surface area contributed by atoms with Gasteiger partial charge in [0, 0.05) is 23.0 Å². The lowest BCUT2D eigenvalue weighted by molar-refractivity contribution is 0.525. The van der Waals surface area contributed by atoms with Crippen LogP contribution in [0.4, 0.5) is 4.39 Å². The zero-order valence-electron chi connectivity index (χ0n) is 12.4. The van der Waals surface area contributed by atoms with Crippen molar-refractivity contribution in [3.8, 4) is 0 Å². The minimum absolute atomic E-state index is 0.169. The summed E-state index contributed by atoms with van der Waals surface area (Å²) in [6.07, 6.45) is 0.827. The third kappa shape index (κ3) is 5.25. The van der Waals surface area contributed by atoms with Crippen LogP contribution in [0.1, 0.15) is 30.9 Å². The molecule has 1 nitrogen and oxygen atoms in total. The summed E-state index contributed by atoms with van der Waals surface area (Å²) in [6.45, 7) is 5.16. The van der Waals surface area contributed by atoms with E-state index in [2.05, 4.69) is 47.2 Å². The maximum absolute atomic E-state index is 13.4. The Balaban J connectivity index is 2.19. The zero-order chi connectivity index (χ0) is 15.2. The van der Waals surface area contributed by atoms with E-state index >= 15 is 0 Å². The molecule has 0 fully saturated rings. The third-order valence-electron chi connectivity index (χ3n) is 3.46. The van der Waals surface area contributed by atoms with Crippen LogP contribution in [-0.2, 0) is 6.42 Å². The Kier molecular flexibility index (Phi) is 5.95. The van der Waals surface area contributed by atoms with Crippen LogP contribution in [-0.4, -0.2) is 12.6 Å². The van der Waals surface area contributed by atoms with Crippen molar-refractivity contribution < 1.29 is 4.39 Å². The van der Waals surface area contributed by atoms with Gasteiger partial charge in [0.05, 0.1) is 0 Å². The molecule has 0 bridgehead atoms. The van der Waals surface area contributed by atoms with Crippen molar-refractivity contribution in [2.45, 2.75) is 32.2 Å². The summed E-state index contributed by atoms with van der Waals surface area (Å²) in [5.74, 6) is 0.156. The Labute approximate surface area is 134 Å². The highest BCUT2D eigenvalue weighted by Gasteiger charge is 2.13. The molecule has 0 aromatic heterocycles. The summed E-state index contributed by atoms with van der Waals surface area (Å²) in [5.41, 5.74) is 2.30. The number of hydrogen-bond donors (Lipinski definition) is 1. The fraction of sp³-hybridized carbons (Fsp3) is 0.333. The van der Waals surface area contributed by atoms with E-state index in [0.717, 1.165) is 23.0 Å². The molecule has 112 valence electrons. The van der Waals surface area contributed by atoms with Crippen LogP contribution in [0.2, 0.25) is 0 Å². The van der Waals surface area contributed by atoms with Crippen LogP contribution in [0.3, 0.4) is 0 Å². The highest BCUT2D eigenvalue weighted by molar-refractivity contribution is 9.10. The molecule has 0 aliphatic heterocycles. The summed E-state index contributed by atoms with van der Waals surface area (Å²) in [5, 5.41) is 3.49. The fourth-order valence-corrected chi connectivity index (χ4v) is 2.81. The molecule has 2 aromatic carbocycles. The molecule has 0 radical (unpaired) electrons. The van der Waals surface area contributed by atoms with Crippen molar-refractivity contribution in [1.82, 2.24) is 5.32 Å². The number of halogens is 2. The molecule has 1 unspecified atom stereocenters. The molecule has 0 amide bonds. The van der Waals surface area contributed by atoms with E-state index < -0.39 is 0 Å². The zero-order valence-corrected chi connectivity index (χ0v) is 14.0. The van der Waals surface area contributed by atoms with Gasteiger partial charge in [-0.25, -0.2) is 4.39 Å². The predicted molar refractivity (Wildman–Crippen MR) is 90.1 cm³/mol. The number of benzene rings is 2. The van der Waals surface area contributed by atoms with Gasteiger partial charge in [0.1, 0.15) is 5.82 Å². The average molecular weight is 350 g/mol. The van der Waals surface area contributed by atoms with Gasteiger partial charge in [0.15, 0.2) is 0 Å². The second-order valence-electron chi connectivity index (χ2n) is 5.65. The fourth-order valence-electron chi connectivity index (χ4n) is 2.39. The number of rotatable bonds is 6. The first-order valence-corrected chi connectivity index (χ1v) is 8.07. The van der Waals surface area contributed by atoms with E-state index in [1.165, 1.54) is 11.6 Å². The quantitative estimate of drug-likeness (QED) is 0.780. The Morgan fingerprint density at radius 2 is 1.86 bits per heavy atom.